The molecule has 1 rings (SSSR count). The number of thiazole rings is 1. The maximum absolute atomic E-state index is 11.2. The van der Waals surface area contributed by atoms with Gasteiger partial charge < -0.3 is 9.47 Å². The van der Waals surface area contributed by atoms with Crippen LogP contribution in [-0.2, 0) is 4.74 Å². The number of rotatable bonds is 3. The van der Waals surface area contributed by atoms with E-state index < -0.39 is 12.1 Å². The van der Waals surface area contributed by atoms with Gasteiger partial charge in [0, 0.05) is 0 Å². The van der Waals surface area contributed by atoms with Crippen LogP contribution in [0.2, 0.25) is 5.15 Å². The lowest BCUT2D eigenvalue weighted by Crippen LogP contribution is -2.07. The zero-order valence-electron chi connectivity index (χ0n) is 8.11. The normalized spacial score (nSPS) is 11.6. The van der Waals surface area contributed by atoms with E-state index in [-0.39, 0.29) is 15.2 Å². The molecule has 1 unspecified atom stereocenters. The molecule has 1 atom stereocenters. The molecule has 6 heteroatoms. The van der Waals surface area contributed by atoms with Crippen molar-refractivity contribution >= 4 is 28.9 Å². The zero-order chi connectivity index (χ0) is 11.4. The minimum atomic E-state index is -0.541. The van der Waals surface area contributed by atoms with E-state index >= 15 is 0 Å². The maximum Gasteiger partial charge on any atom is 0.351 e. The molecule has 0 aliphatic heterocycles. The molecule has 0 radical (unpaired) electrons. The van der Waals surface area contributed by atoms with E-state index in [4.69, 9.17) is 22.8 Å². The van der Waals surface area contributed by atoms with Crippen LogP contribution in [0.4, 0.5) is 0 Å². The minimum Gasteiger partial charge on any atom is -0.465 e. The maximum atomic E-state index is 11.2. The summed E-state index contributed by atoms with van der Waals surface area (Å²) in [4.78, 5) is 15.2. The van der Waals surface area contributed by atoms with Gasteiger partial charge in [-0.05, 0) is 6.92 Å². The molecule has 0 aromatic carbocycles. The van der Waals surface area contributed by atoms with E-state index in [9.17, 15) is 4.79 Å². The van der Waals surface area contributed by atoms with E-state index in [2.05, 4.69) is 15.6 Å². The number of terminal acetylenes is 1. The Morgan fingerprint density at radius 1 is 1.73 bits per heavy atom. The molecule has 0 aliphatic rings. The first-order valence-corrected chi connectivity index (χ1v) is 5.15. The molecule has 0 bridgehead atoms. The topological polar surface area (TPSA) is 48.4 Å². The van der Waals surface area contributed by atoms with Gasteiger partial charge in [-0.25, -0.2) is 4.79 Å². The fourth-order valence-corrected chi connectivity index (χ4v) is 1.86. The number of carbonyl (C=O) groups excluding carboxylic acids is 1. The molecule has 0 aliphatic carbocycles. The Hall–Kier alpha value is -1.25. The Labute approximate surface area is 96.2 Å². The largest absolute Gasteiger partial charge is 0.465 e. The van der Waals surface area contributed by atoms with Crippen LogP contribution in [-0.4, -0.2) is 24.2 Å². The summed E-state index contributed by atoms with van der Waals surface area (Å²) in [5, 5.41) is 0.317. The second-order valence-electron chi connectivity index (χ2n) is 2.52. The highest BCUT2D eigenvalue weighted by atomic mass is 35.5. The van der Waals surface area contributed by atoms with E-state index in [1.807, 2.05) is 0 Å². The molecule has 0 saturated heterocycles. The number of ether oxygens (including phenoxy) is 2. The van der Waals surface area contributed by atoms with Crippen molar-refractivity contribution < 1.29 is 14.3 Å². The number of nitrogens with zero attached hydrogens (tertiary/aromatic N) is 1. The minimum absolute atomic E-state index is 0.0612. The van der Waals surface area contributed by atoms with Gasteiger partial charge in [0.1, 0.15) is 0 Å². The van der Waals surface area contributed by atoms with E-state index in [1.165, 1.54) is 7.11 Å². The lowest BCUT2D eigenvalue weighted by atomic mass is 10.4. The average Bonchev–Trinajstić information content (AvgIpc) is 2.58. The summed E-state index contributed by atoms with van der Waals surface area (Å²) in [6, 6.07) is 0. The van der Waals surface area contributed by atoms with Crippen LogP contribution in [0.1, 0.15) is 16.6 Å². The van der Waals surface area contributed by atoms with E-state index in [0.29, 0.717) is 0 Å². The van der Waals surface area contributed by atoms with Crippen LogP contribution >= 0.6 is 22.9 Å². The van der Waals surface area contributed by atoms with Gasteiger partial charge in [-0.1, -0.05) is 28.9 Å². The highest BCUT2D eigenvalue weighted by Crippen LogP contribution is 2.29. The molecule has 1 aromatic rings. The van der Waals surface area contributed by atoms with Gasteiger partial charge >= 0.3 is 5.97 Å². The fraction of sp³-hybridized carbons (Fsp3) is 0.333. The number of hydrogen-bond acceptors (Lipinski definition) is 5. The molecule has 0 spiro atoms. The molecule has 0 amide bonds. The van der Waals surface area contributed by atoms with Crippen LogP contribution < -0.4 is 4.74 Å². The Balaban J connectivity index is 2.87. The van der Waals surface area contributed by atoms with Crippen molar-refractivity contribution in [3.8, 4) is 17.5 Å². The van der Waals surface area contributed by atoms with Gasteiger partial charge in [-0.2, -0.15) is 4.98 Å². The van der Waals surface area contributed by atoms with Gasteiger partial charge in [0.25, 0.3) is 5.19 Å². The second kappa shape index (κ2) is 5.01. The third kappa shape index (κ3) is 2.85. The van der Waals surface area contributed by atoms with E-state index in [0.717, 1.165) is 11.3 Å². The summed E-state index contributed by atoms with van der Waals surface area (Å²) in [6.45, 7) is 1.69. The molecular formula is C9H8ClNO3S. The van der Waals surface area contributed by atoms with Gasteiger partial charge in [-0.3, -0.25) is 0 Å². The Bertz CT molecular complexity index is 410. The first-order valence-electron chi connectivity index (χ1n) is 3.96. The Morgan fingerprint density at radius 2 is 2.40 bits per heavy atom. The van der Waals surface area contributed by atoms with Crippen molar-refractivity contribution in [2.45, 2.75) is 13.0 Å². The van der Waals surface area contributed by atoms with Gasteiger partial charge in [-0.15, -0.1) is 6.42 Å². The van der Waals surface area contributed by atoms with Crippen molar-refractivity contribution in [2.24, 2.45) is 0 Å². The molecule has 15 heavy (non-hydrogen) atoms. The SMILES string of the molecule is C#CC(C)Oc1nc(Cl)c(C(=O)OC)s1. The predicted molar refractivity (Wildman–Crippen MR) is 57.4 cm³/mol. The van der Waals surface area contributed by atoms with E-state index in [1.54, 1.807) is 6.92 Å². The summed E-state index contributed by atoms with van der Waals surface area (Å²) in [6.07, 6.45) is 4.71. The smallest absolute Gasteiger partial charge is 0.351 e. The summed E-state index contributed by atoms with van der Waals surface area (Å²) >= 11 is 6.71. The number of methoxy groups -OCH3 is 1. The van der Waals surface area contributed by atoms with Crippen molar-refractivity contribution in [3.63, 3.8) is 0 Å². The van der Waals surface area contributed by atoms with Gasteiger partial charge in [0.15, 0.2) is 16.1 Å². The highest BCUT2D eigenvalue weighted by molar-refractivity contribution is 7.15. The summed E-state index contributed by atoms with van der Waals surface area (Å²) in [7, 11) is 1.27. The second-order valence-corrected chi connectivity index (χ2v) is 3.84. The first-order chi connectivity index (χ1) is 7.08. The van der Waals surface area contributed by atoms with Crippen LogP contribution in [0.25, 0.3) is 0 Å². The van der Waals surface area contributed by atoms with Crippen LogP contribution in [0.15, 0.2) is 0 Å². The molecule has 1 aromatic heterocycles. The average molecular weight is 246 g/mol. The van der Waals surface area contributed by atoms with Crippen LogP contribution in [0.5, 0.6) is 5.19 Å². The van der Waals surface area contributed by atoms with Gasteiger partial charge in [0.05, 0.1) is 7.11 Å². The zero-order valence-corrected chi connectivity index (χ0v) is 9.69. The quantitative estimate of drug-likeness (QED) is 0.604. The Morgan fingerprint density at radius 3 is 2.93 bits per heavy atom. The summed E-state index contributed by atoms with van der Waals surface area (Å²) in [5.74, 6) is 1.83. The van der Waals surface area contributed by atoms with Gasteiger partial charge in [0.2, 0.25) is 0 Å². The molecule has 80 valence electrons. The predicted octanol–water partition coefficient (Wildman–Crippen LogP) is 1.98. The monoisotopic (exact) mass is 245 g/mol. The van der Waals surface area contributed by atoms with Crippen molar-refractivity contribution in [1.82, 2.24) is 4.98 Å². The molecule has 0 N–H and O–H groups in total. The standard InChI is InChI=1S/C9H8ClNO3S/c1-4-5(2)14-9-11-7(10)6(15-9)8(12)13-3/h1,5H,2-3H3. The highest BCUT2D eigenvalue weighted by Gasteiger charge is 2.18. The number of carbonyl (C=O) groups is 1. The Kier molecular flexibility index (Phi) is 3.95. The van der Waals surface area contributed by atoms with Crippen molar-refractivity contribution in [3.05, 3.63) is 10.0 Å². The lowest BCUT2D eigenvalue weighted by molar-refractivity contribution is 0.0606. The molecule has 4 nitrogen and oxygen atoms in total. The van der Waals surface area contributed by atoms with Crippen LogP contribution in [0, 0.1) is 12.3 Å². The number of aromatic nitrogens is 1. The number of hydrogen-bond donors (Lipinski definition) is 0. The molecule has 0 saturated carbocycles. The number of halogens is 1. The van der Waals surface area contributed by atoms with Crippen molar-refractivity contribution in [1.29, 1.82) is 0 Å². The van der Waals surface area contributed by atoms with Crippen molar-refractivity contribution in [2.75, 3.05) is 7.11 Å². The number of esters is 1. The summed E-state index contributed by atoms with van der Waals surface area (Å²) in [5.41, 5.74) is 0. The molecular weight excluding hydrogens is 238 g/mol. The molecule has 1 heterocycles. The van der Waals surface area contributed by atoms with Crippen LogP contribution in [0.3, 0.4) is 0 Å². The lowest BCUT2D eigenvalue weighted by Gasteiger charge is -2.02. The fourth-order valence-electron chi connectivity index (χ4n) is 0.737. The third-order valence-electron chi connectivity index (χ3n) is 1.45. The summed E-state index contributed by atoms with van der Waals surface area (Å²) < 4.78 is 9.71. The third-order valence-corrected chi connectivity index (χ3v) is 2.76. The first kappa shape index (κ1) is 11.8. The molecule has 0 fully saturated rings.